The highest BCUT2D eigenvalue weighted by molar-refractivity contribution is 6.41. The van der Waals surface area contributed by atoms with Crippen LogP contribution in [0.15, 0.2) is 54.6 Å². The molecule has 0 saturated carbocycles. The third kappa shape index (κ3) is 5.08. The molecule has 128 valence electrons. The van der Waals surface area contributed by atoms with Gasteiger partial charge in [-0.1, -0.05) is 17.7 Å². The number of carbonyl (C=O) groups excluding carboxylic acids is 3. The summed E-state index contributed by atoms with van der Waals surface area (Å²) in [7, 11) is 0. The fourth-order valence-electron chi connectivity index (χ4n) is 1.79. The van der Waals surface area contributed by atoms with Crippen molar-refractivity contribution < 1.29 is 24.6 Å². The standard InChI is InChI=1S/C17H13ClN2O5/c18-12-6-4-10(5-7-12)14(22)9-15(23)17(25)20-19-16(24)11-2-1-3-13(21)8-11/h1-9,21-22H,(H,19,24)(H,20,25)/b14-9-. The lowest BCUT2D eigenvalue weighted by atomic mass is 10.1. The average Bonchev–Trinajstić information content (AvgIpc) is 2.59. The van der Waals surface area contributed by atoms with Crippen LogP contribution in [0, 0.1) is 0 Å². The van der Waals surface area contributed by atoms with Crippen molar-refractivity contribution in [3.05, 3.63) is 70.8 Å². The Morgan fingerprint density at radius 1 is 0.960 bits per heavy atom. The molecule has 0 aliphatic heterocycles. The minimum atomic E-state index is -1.14. The number of hydrogen-bond donors (Lipinski definition) is 4. The van der Waals surface area contributed by atoms with Crippen LogP contribution < -0.4 is 10.9 Å². The van der Waals surface area contributed by atoms with Gasteiger partial charge in [0.15, 0.2) is 0 Å². The van der Waals surface area contributed by atoms with Gasteiger partial charge in [0.1, 0.15) is 11.5 Å². The Balaban J connectivity index is 1.96. The fourth-order valence-corrected chi connectivity index (χ4v) is 1.91. The molecular formula is C17H13ClN2O5. The van der Waals surface area contributed by atoms with Crippen molar-refractivity contribution in [2.45, 2.75) is 0 Å². The lowest BCUT2D eigenvalue weighted by Gasteiger charge is -2.06. The van der Waals surface area contributed by atoms with Gasteiger partial charge < -0.3 is 10.2 Å². The smallest absolute Gasteiger partial charge is 0.310 e. The average molecular weight is 361 g/mol. The fraction of sp³-hybridized carbons (Fsp3) is 0. The van der Waals surface area contributed by atoms with Crippen molar-refractivity contribution >= 4 is 35.0 Å². The molecule has 0 fully saturated rings. The van der Waals surface area contributed by atoms with E-state index in [9.17, 15) is 24.6 Å². The number of aromatic hydroxyl groups is 1. The van der Waals surface area contributed by atoms with Gasteiger partial charge in [-0.2, -0.15) is 0 Å². The van der Waals surface area contributed by atoms with Gasteiger partial charge >= 0.3 is 5.91 Å². The summed E-state index contributed by atoms with van der Waals surface area (Å²) in [4.78, 5) is 35.2. The Hall–Kier alpha value is -3.32. The van der Waals surface area contributed by atoms with Crippen molar-refractivity contribution in [3.63, 3.8) is 0 Å². The number of benzene rings is 2. The molecule has 0 heterocycles. The van der Waals surface area contributed by atoms with Crippen LogP contribution in [0.3, 0.4) is 0 Å². The number of phenols is 1. The maximum absolute atomic E-state index is 11.8. The second-order valence-corrected chi connectivity index (χ2v) is 5.30. The van der Waals surface area contributed by atoms with E-state index < -0.39 is 23.4 Å². The molecule has 2 rings (SSSR count). The molecule has 0 saturated heterocycles. The molecule has 2 aromatic rings. The molecule has 0 unspecified atom stereocenters. The summed E-state index contributed by atoms with van der Waals surface area (Å²) in [6.45, 7) is 0. The van der Waals surface area contributed by atoms with E-state index in [4.69, 9.17) is 11.6 Å². The molecule has 7 nitrogen and oxygen atoms in total. The SMILES string of the molecule is O=C(/C=C(\O)c1ccc(Cl)cc1)C(=O)NNC(=O)c1cccc(O)c1. The molecule has 0 aromatic heterocycles. The number of phenolic OH excluding ortho intramolecular Hbond substituents is 1. The van der Waals surface area contributed by atoms with Crippen molar-refractivity contribution in [2.24, 2.45) is 0 Å². The zero-order valence-electron chi connectivity index (χ0n) is 12.7. The first-order chi connectivity index (χ1) is 11.9. The molecule has 0 atom stereocenters. The maximum atomic E-state index is 11.8. The molecule has 4 N–H and O–H groups in total. The lowest BCUT2D eigenvalue weighted by molar-refractivity contribution is -0.135. The number of nitrogens with one attached hydrogen (secondary N) is 2. The molecule has 0 bridgehead atoms. The largest absolute Gasteiger partial charge is 0.508 e. The van der Waals surface area contributed by atoms with Crippen molar-refractivity contribution in [2.75, 3.05) is 0 Å². The van der Waals surface area contributed by atoms with Crippen molar-refractivity contribution in [1.29, 1.82) is 0 Å². The van der Waals surface area contributed by atoms with E-state index in [-0.39, 0.29) is 11.3 Å². The van der Waals surface area contributed by atoms with Gasteiger partial charge in [-0.25, -0.2) is 0 Å². The van der Waals surface area contributed by atoms with Crippen LogP contribution in [0.2, 0.25) is 5.02 Å². The number of halogens is 1. The van der Waals surface area contributed by atoms with Gasteiger partial charge in [0.05, 0.1) is 0 Å². The van der Waals surface area contributed by atoms with Gasteiger partial charge in [0.2, 0.25) is 5.78 Å². The van der Waals surface area contributed by atoms with Crippen LogP contribution in [-0.2, 0) is 9.59 Å². The lowest BCUT2D eigenvalue weighted by Crippen LogP contribution is -2.44. The normalized spacial score (nSPS) is 10.8. The molecule has 2 amide bonds. The number of aliphatic hydroxyl groups is 1. The number of hydrogen-bond acceptors (Lipinski definition) is 5. The first-order valence-corrected chi connectivity index (χ1v) is 7.35. The summed E-state index contributed by atoms with van der Waals surface area (Å²) in [5.74, 6) is -3.47. The first kappa shape index (κ1) is 18.0. The quantitative estimate of drug-likeness (QED) is 0.288. The predicted molar refractivity (Wildman–Crippen MR) is 90.8 cm³/mol. The second-order valence-electron chi connectivity index (χ2n) is 4.86. The van der Waals surface area contributed by atoms with Gasteiger partial charge in [0, 0.05) is 22.2 Å². The molecule has 0 aliphatic carbocycles. The number of carbonyl (C=O) groups is 3. The van der Waals surface area contributed by atoms with Crippen LogP contribution in [0.25, 0.3) is 5.76 Å². The summed E-state index contributed by atoms with van der Waals surface area (Å²) in [5.41, 5.74) is 4.34. The van der Waals surface area contributed by atoms with Crippen LogP contribution in [0.1, 0.15) is 15.9 Å². The molecule has 0 spiro atoms. The summed E-state index contributed by atoms with van der Waals surface area (Å²) >= 11 is 5.72. The number of aliphatic hydroxyl groups excluding tert-OH is 1. The van der Waals surface area contributed by atoms with Crippen molar-refractivity contribution in [1.82, 2.24) is 10.9 Å². The molecular weight excluding hydrogens is 348 g/mol. The molecule has 0 radical (unpaired) electrons. The summed E-state index contributed by atoms with van der Waals surface area (Å²) in [6, 6.07) is 11.4. The van der Waals surface area contributed by atoms with E-state index >= 15 is 0 Å². The summed E-state index contributed by atoms with van der Waals surface area (Å²) < 4.78 is 0. The van der Waals surface area contributed by atoms with E-state index in [1.807, 2.05) is 10.9 Å². The molecule has 8 heteroatoms. The van der Waals surface area contributed by atoms with Gasteiger partial charge in [-0.3, -0.25) is 25.2 Å². The topological polar surface area (TPSA) is 116 Å². The van der Waals surface area contributed by atoms with Crippen LogP contribution >= 0.6 is 11.6 Å². The monoisotopic (exact) mass is 360 g/mol. The van der Waals surface area contributed by atoms with Gasteiger partial charge in [-0.05, 0) is 42.5 Å². The highest BCUT2D eigenvalue weighted by Crippen LogP contribution is 2.15. The molecule has 0 aliphatic rings. The van der Waals surface area contributed by atoms with Gasteiger partial charge in [0.25, 0.3) is 5.91 Å². The van der Waals surface area contributed by atoms with E-state index in [1.165, 1.54) is 48.5 Å². The highest BCUT2D eigenvalue weighted by Gasteiger charge is 2.14. The Labute approximate surface area is 147 Å². The zero-order valence-corrected chi connectivity index (χ0v) is 13.4. The zero-order chi connectivity index (χ0) is 18.4. The van der Waals surface area contributed by atoms with Crippen molar-refractivity contribution in [3.8, 4) is 5.75 Å². The third-order valence-corrected chi connectivity index (χ3v) is 3.28. The number of amides is 2. The van der Waals surface area contributed by atoms with Crippen LogP contribution in [0.5, 0.6) is 5.75 Å². The molecule has 25 heavy (non-hydrogen) atoms. The van der Waals surface area contributed by atoms with E-state index in [0.29, 0.717) is 10.6 Å². The highest BCUT2D eigenvalue weighted by atomic mass is 35.5. The first-order valence-electron chi connectivity index (χ1n) is 6.97. The predicted octanol–water partition coefficient (Wildman–Crippen LogP) is 1.97. The Kier molecular flexibility index (Phi) is 5.75. The Morgan fingerprint density at radius 2 is 1.64 bits per heavy atom. The van der Waals surface area contributed by atoms with Crippen LogP contribution in [-0.4, -0.2) is 27.8 Å². The second kappa shape index (κ2) is 7.98. The minimum absolute atomic E-state index is 0.0901. The number of ketones is 1. The Bertz CT molecular complexity index is 846. The number of hydrazine groups is 1. The van der Waals surface area contributed by atoms with E-state index in [0.717, 1.165) is 6.08 Å². The molecule has 2 aromatic carbocycles. The summed E-state index contributed by atoms with van der Waals surface area (Å²) in [5, 5.41) is 19.6. The Morgan fingerprint density at radius 3 is 2.28 bits per heavy atom. The van der Waals surface area contributed by atoms with Crippen LogP contribution in [0.4, 0.5) is 0 Å². The van der Waals surface area contributed by atoms with E-state index in [2.05, 4.69) is 0 Å². The maximum Gasteiger partial charge on any atom is 0.310 e. The number of rotatable bonds is 4. The minimum Gasteiger partial charge on any atom is -0.508 e. The van der Waals surface area contributed by atoms with E-state index in [1.54, 1.807) is 0 Å². The third-order valence-electron chi connectivity index (χ3n) is 3.03. The van der Waals surface area contributed by atoms with Gasteiger partial charge in [-0.15, -0.1) is 0 Å². The summed E-state index contributed by atoms with van der Waals surface area (Å²) in [6.07, 6.45) is 0.721.